The lowest BCUT2D eigenvalue weighted by molar-refractivity contribution is 0.0383. The van der Waals surface area contributed by atoms with Gasteiger partial charge in [-0.25, -0.2) is 4.98 Å². The predicted molar refractivity (Wildman–Crippen MR) is 135 cm³/mol. The molecule has 1 aliphatic rings. The van der Waals surface area contributed by atoms with Crippen LogP contribution in [0.25, 0.3) is 17.3 Å². The molecule has 0 saturated carbocycles. The smallest absolute Gasteiger partial charge is 0.270 e. The number of hydrogen-bond acceptors (Lipinski definition) is 9. The van der Waals surface area contributed by atoms with Crippen LogP contribution in [0.3, 0.4) is 0 Å². The van der Waals surface area contributed by atoms with Crippen LogP contribution < -0.4 is 5.32 Å². The van der Waals surface area contributed by atoms with E-state index >= 15 is 0 Å². The number of carbonyl (C=O) groups is 1. The van der Waals surface area contributed by atoms with Crippen LogP contribution in [0.2, 0.25) is 5.02 Å². The van der Waals surface area contributed by atoms with E-state index in [9.17, 15) is 4.79 Å². The first-order valence-electron chi connectivity index (χ1n) is 11.1. The van der Waals surface area contributed by atoms with Crippen molar-refractivity contribution in [2.75, 3.05) is 39.4 Å². The average Bonchev–Trinajstić information content (AvgIpc) is 3.64. The molecule has 1 aliphatic heterocycles. The van der Waals surface area contributed by atoms with Crippen LogP contribution >= 0.6 is 34.7 Å². The Morgan fingerprint density at radius 2 is 2.09 bits per heavy atom. The maximum atomic E-state index is 12.5. The number of thiazole rings is 1. The fourth-order valence-corrected chi connectivity index (χ4v) is 5.56. The third kappa shape index (κ3) is 5.93. The van der Waals surface area contributed by atoms with Crippen molar-refractivity contribution in [3.63, 3.8) is 0 Å². The Labute approximate surface area is 215 Å². The molecule has 0 spiro atoms. The summed E-state index contributed by atoms with van der Waals surface area (Å²) in [7, 11) is 0. The Morgan fingerprint density at radius 3 is 2.89 bits per heavy atom. The van der Waals surface area contributed by atoms with Crippen LogP contribution in [0.5, 0.6) is 0 Å². The molecule has 4 aromatic rings. The van der Waals surface area contributed by atoms with Gasteiger partial charge in [-0.1, -0.05) is 29.4 Å². The summed E-state index contributed by atoms with van der Waals surface area (Å²) >= 11 is 9.17. The van der Waals surface area contributed by atoms with E-state index in [0.29, 0.717) is 39.8 Å². The minimum atomic E-state index is -0.159. The summed E-state index contributed by atoms with van der Waals surface area (Å²) in [5.74, 6) is 1.57. The van der Waals surface area contributed by atoms with Gasteiger partial charge in [0, 0.05) is 36.6 Å². The van der Waals surface area contributed by atoms with Gasteiger partial charge >= 0.3 is 0 Å². The van der Waals surface area contributed by atoms with E-state index in [2.05, 4.69) is 25.4 Å². The first-order chi connectivity index (χ1) is 17.2. The Kier molecular flexibility index (Phi) is 7.79. The standard InChI is InChI=1S/C23H23ClN6O3S2/c24-16-3-1-4-17(13-16)30-21(19-5-2-10-33-19)27-28-23(30)35-15-20-26-18(14-34-20)22(31)25-6-7-29-8-11-32-12-9-29/h1-5,10,13-14H,6-9,11-12,15H2,(H,25,31). The topological polar surface area (TPSA) is 98.3 Å². The zero-order chi connectivity index (χ0) is 24.0. The molecule has 35 heavy (non-hydrogen) atoms. The monoisotopic (exact) mass is 530 g/mol. The number of rotatable bonds is 9. The van der Waals surface area contributed by atoms with E-state index in [1.54, 1.807) is 11.6 Å². The van der Waals surface area contributed by atoms with Gasteiger partial charge in [0.25, 0.3) is 5.91 Å². The Morgan fingerprint density at radius 1 is 1.20 bits per heavy atom. The number of benzene rings is 1. The summed E-state index contributed by atoms with van der Waals surface area (Å²) in [4.78, 5) is 19.3. The number of nitrogens with zero attached hydrogens (tertiary/aromatic N) is 5. The Hall–Kier alpha value is -2.70. The third-order valence-corrected chi connectivity index (χ3v) is 7.57. The molecule has 0 bridgehead atoms. The molecular weight excluding hydrogens is 508 g/mol. The molecule has 1 saturated heterocycles. The molecule has 182 valence electrons. The fourth-order valence-electron chi connectivity index (χ4n) is 3.63. The van der Waals surface area contributed by atoms with Gasteiger partial charge < -0.3 is 14.5 Å². The molecule has 0 atom stereocenters. The number of hydrogen-bond donors (Lipinski definition) is 1. The second-order valence-corrected chi connectivity index (χ2v) is 10.0. The van der Waals surface area contributed by atoms with Gasteiger partial charge in [-0.15, -0.1) is 21.5 Å². The van der Waals surface area contributed by atoms with Crippen LogP contribution in [0.1, 0.15) is 15.5 Å². The lowest BCUT2D eigenvalue weighted by Crippen LogP contribution is -2.41. The number of ether oxygens (including phenoxy) is 1. The second kappa shape index (κ2) is 11.4. The maximum absolute atomic E-state index is 12.5. The van der Waals surface area contributed by atoms with E-state index in [0.717, 1.165) is 43.5 Å². The largest absolute Gasteiger partial charge is 0.461 e. The number of furan rings is 1. The number of thioether (sulfide) groups is 1. The molecule has 9 nitrogen and oxygen atoms in total. The predicted octanol–water partition coefficient (Wildman–Crippen LogP) is 3.99. The normalized spacial score (nSPS) is 14.3. The van der Waals surface area contributed by atoms with E-state index < -0.39 is 0 Å². The van der Waals surface area contributed by atoms with E-state index in [-0.39, 0.29) is 5.91 Å². The molecule has 1 N–H and O–H groups in total. The second-order valence-electron chi connectivity index (χ2n) is 7.72. The van der Waals surface area contributed by atoms with Crippen molar-refractivity contribution in [1.82, 2.24) is 30.0 Å². The molecular formula is C23H23ClN6O3S2. The van der Waals surface area contributed by atoms with Crippen molar-refractivity contribution in [2.24, 2.45) is 0 Å². The zero-order valence-electron chi connectivity index (χ0n) is 18.7. The Balaban J connectivity index is 1.24. The van der Waals surface area contributed by atoms with E-state index in [4.69, 9.17) is 20.8 Å². The molecule has 1 amide bonds. The van der Waals surface area contributed by atoms with Crippen LogP contribution in [0.15, 0.2) is 57.6 Å². The number of nitrogens with one attached hydrogen (secondary N) is 1. The highest BCUT2D eigenvalue weighted by atomic mass is 35.5. The van der Waals surface area contributed by atoms with Crippen LogP contribution in [-0.4, -0.2) is 69.9 Å². The summed E-state index contributed by atoms with van der Waals surface area (Å²) in [6.45, 7) is 4.67. The molecule has 1 fully saturated rings. The van der Waals surface area contributed by atoms with Crippen LogP contribution in [0, 0.1) is 0 Å². The van der Waals surface area contributed by atoms with Gasteiger partial charge in [0.2, 0.25) is 5.82 Å². The minimum absolute atomic E-state index is 0.159. The van der Waals surface area contributed by atoms with Crippen molar-refractivity contribution in [1.29, 1.82) is 0 Å². The van der Waals surface area contributed by atoms with Gasteiger partial charge in [-0.2, -0.15) is 0 Å². The highest BCUT2D eigenvalue weighted by Crippen LogP contribution is 2.31. The molecule has 0 unspecified atom stereocenters. The van der Waals surface area contributed by atoms with Gasteiger partial charge in [-0.05, 0) is 30.3 Å². The molecule has 4 heterocycles. The van der Waals surface area contributed by atoms with Crippen LogP contribution in [-0.2, 0) is 10.5 Å². The number of aromatic nitrogens is 4. The number of amides is 1. The van der Waals surface area contributed by atoms with E-state index in [1.807, 2.05) is 41.0 Å². The zero-order valence-corrected chi connectivity index (χ0v) is 21.1. The summed E-state index contributed by atoms with van der Waals surface area (Å²) < 4.78 is 12.8. The highest BCUT2D eigenvalue weighted by molar-refractivity contribution is 7.98. The average molecular weight is 531 g/mol. The van der Waals surface area contributed by atoms with Gasteiger partial charge in [0.15, 0.2) is 10.9 Å². The number of carbonyl (C=O) groups excluding carboxylic acids is 1. The van der Waals surface area contributed by atoms with Gasteiger partial charge in [0.05, 0.1) is 30.9 Å². The van der Waals surface area contributed by atoms with Gasteiger partial charge in [-0.3, -0.25) is 14.3 Å². The van der Waals surface area contributed by atoms with Crippen molar-refractivity contribution in [3.8, 4) is 17.3 Å². The third-order valence-electron chi connectivity index (χ3n) is 5.37. The summed E-state index contributed by atoms with van der Waals surface area (Å²) in [5, 5.41) is 15.6. The molecule has 0 radical (unpaired) electrons. The Bertz CT molecular complexity index is 1270. The van der Waals surface area contributed by atoms with Crippen molar-refractivity contribution in [3.05, 3.63) is 63.8 Å². The van der Waals surface area contributed by atoms with Gasteiger partial charge in [0.1, 0.15) is 10.7 Å². The molecule has 1 aromatic carbocycles. The van der Waals surface area contributed by atoms with Crippen molar-refractivity contribution >= 4 is 40.6 Å². The fraction of sp³-hybridized carbons (Fsp3) is 0.304. The van der Waals surface area contributed by atoms with Crippen molar-refractivity contribution in [2.45, 2.75) is 10.9 Å². The molecule has 0 aliphatic carbocycles. The first kappa shape index (κ1) is 24.0. The van der Waals surface area contributed by atoms with Crippen molar-refractivity contribution < 1.29 is 13.9 Å². The number of halogens is 1. The molecule has 5 rings (SSSR count). The van der Waals surface area contributed by atoms with E-state index in [1.165, 1.54) is 23.1 Å². The minimum Gasteiger partial charge on any atom is -0.461 e. The lowest BCUT2D eigenvalue weighted by atomic mass is 10.3. The SMILES string of the molecule is O=C(NCCN1CCOCC1)c1csc(CSc2nnc(-c3ccco3)n2-c2cccc(Cl)c2)n1. The molecule has 12 heteroatoms. The summed E-state index contributed by atoms with van der Waals surface area (Å²) in [6.07, 6.45) is 1.60. The number of morpholine rings is 1. The maximum Gasteiger partial charge on any atom is 0.270 e. The lowest BCUT2D eigenvalue weighted by Gasteiger charge is -2.26. The highest BCUT2D eigenvalue weighted by Gasteiger charge is 2.19. The first-order valence-corrected chi connectivity index (χ1v) is 13.3. The quantitative estimate of drug-likeness (QED) is 0.324. The molecule has 3 aromatic heterocycles. The summed E-state index contributed by atoms with van der Waals surface area (Å²) in [5.41, 5.74) is 1.26. The van der Waals surface area contributed by atoms with Crippen LogP contribution in [0.4, 0.5) is 0 Å². The summed E-state index contributed by atoms with van der Waals surface area (Å²) in [6, 6.07) is 11.1.